The molecule has 1 rings (SSSR count). The first-order valence-electron chi connectivity index (χ1n) is 6.84. The zero-order valence-electron chi connectivity index (χ0n) is 12.5. The smallest absolute Gasteiger partial charge is 0.236 e. The van der Waals surface area contributed by atoms with Crippen LogP contribution in [0.5, 0.6) is 0 Å². The lowest BCUT2D eigenvalue weighted by Crippen LogP contribution is -2.42. The largest absolute Gasteiger partial charge is 0.444 e. The number of hydrogen-bond acceptors (Lipinski definition) is 4. The number of aromatic nitrogens is 1. The molecule has 0 radical (unpaired) electrons. The summed E-state index contributed by atoms with van der Waals surface area (Å²) in [5.41, 5.74) is 0.894. The van der Waals surface area contributed by atoms with Gasteiger partial charge in [-0.1, -0.05) is 13.8 Å². The number of carbonyl (C=O) groups is 1. The summed E-state index contributed by atoms with van der Waals surface area (Å²) in [7, 11) is 0. The summed E-state index contributed by atoms with van der Waals surface area (Å²) in [6.07, 6.45) is 0.997. The zero-order chi connectivity index (χ0) is 14.4. The van der Waals surface area contributed by atoms with Gasteiger partial charge in [0, 0.05) is 6.54 Å². The molecule has 1 aromatic heterocycles. The molecule has 1 aromatic rings. The molecule has 0 aliphatic rings. The van der Waals surface area contributed by atoms with Crippen LogP contribution >= 0.6 is 0 Å². The Bertz CT molecular complexity index is 393. The number of nitrogens with zero attached hydrogens (tertiary/aromatic N) is 1. The monoisotopic (exact) mass is 267 g/mol. The van der Waals surface area contributed by atoms with Crippen molar-refractivity contribution in [3.8, 4) is 0 Å². The van der Waals surface area contributed by atoms with Crippen LogP contribution in [0.1, 0.15) is 44.5 Å². The van der Waals surface area contributed by atoms with Crippen LogP contribution in [0, 0.1) is 19.8 Å². The molecular weight excluding hydrogens is 242 g/mol. The first-order chi connectivity index (χ1) is 8.90. The minimum atomic E-state index is -0.250. The van der Waals surface area contributed by atoms with Crippen molar-refractivity contribution in [2.24, 2.45) is 5.92 Å². The van der Waals surface area contributed by atoms with Crippen molar-refractivity contribution in [2.75, 3.05) is 6.54 Å². The molecule has 5 heteroatoms. The second kappa shape index (κ2) is 7.28. The second-order valence-corrected chi connectivity index (χ2v) is 5.33. The molecule has 0 fully saturated rings. The van der Waals surface area contributed by atoms with E-state index in [0.29, 0.717) is 18.4 Å². The standard InChI is InChI=1S/C14H25N3O2/c1-9(2)6-7-15-14(18)11(4)16-8-13-17-10(3)12(5)19-13/h9,11,16H,6-8H2,1-5H3,(H,15,18). The Morgan fingerprint density at radius 3 is 2.53 bits per heavy atom. The fourth-order valence-corrected chi connectivity index (χ4v) is 1.59. The van der Waals surface area contributed by atoms with Gasteiger partial charge in [-0.25, -0.2) is 4.98 Å². The summed E-state index contributed by atoms with van der Waals surface area (Å²) in [5, 5.41) is 6.02. The Hall–Kier alpha value is -1.36. The topological polar surface area (TPSA) is 67.2 Å². The number of rotatable bonds is 7. The van der Waals surface area contributed by atoms with Gasteiger partial charge >= 0.3 is 0 Å². The lowest BCUT2D eigenvalue weighted by molar-refractivity contribution is -0.122. The van der Waals surface area contributed by atoms with Crippen LogP contribution in [-0.2, 0) is 11.3 Å². The van der Waals surface area contributed by atoms with Crippen LogP contribution in [0.3, 0.4) is 0 Å². The third kappa shape index (κ3) is 5.42. The van der Waals surface area contributed by atoms with Crippen LogP contribution in [0.15, 0.2) is 4.42 Å². The molecule has 1 unspecified atom stereocenters. The van der Waals surface area contributed by atoms with Crippen molar-refractivity contribution >= 4 is 5.91 Å². The molecule has 0 aromatic carbocycles. The predicted molar refractivity (Wildman–Crippen MR) is 74.7 cm³/mol. The van der Waals surface area contributed by atoms with E-state index in [1.807, 2.05) is 20.8 Å². The van der Waals surface area contributed by atoms with Gasteiger partial charge in [0.2, 0.25) is 11.8 Å². The van der Waals surface area contributed by atoms with E-state index in [-0.39, 0.29) is 11.9 Å². The Kier molecular flexibility index (Phi) is 6.02. The molecule has 1 amide bonds. The molecule has 1 heterocycles. The van der Waals surface area contributed by atoms with E-state index in [4.69, 9.17) is 4.42 Å². The number of hydrogen-bond donors (Lipinski definition) is 2. The third-order valence-electron chi connectivity index (χ3n) is 3.05. The number of carbonyl (C=O) groups excluding carboxylic acids is 1. The molecule has 0 spiro atoms. The molecule has 0 saturated carbocycles. The number of amides is 1. The Morgan fingerprint density at radius 1 is 1.32 bits per heavy atom. The number of nitrogens with one attached hydrogen (secondary N) is 2. The van der Waals surface area contributed by atoms with Gasteiger partial charge in [0.25, 0.3) is 0 Å². The van der Waals surface area contributed by atoms with Crippen molar-refractivity contribution in [2.45, 2.75) is 53.6 Å². The fraction of sp³-hybridized carbons (Fsp3) is 0.714. The third-order valence-corrected chi connectivity index (χ3v) is 3.05. The van der Waals surface area contributed by atoms with Gasteiger partial charge in [-0.2, -0.15) is 0 Å². The summed E-state index contributed by atoms with van der Waals surface area (Å²) in [6, 6.07) is -0.250. The SMILES string of the molecule is Cc1nc(CNC(C)C(=O)NCCC(C)C)oc1C. The highest BCUT2D eigenvalue weighted by Gasteiger charge is 2.13. The van der Waals surface area contributed by atoms with Crippen molar-refractivity contribution in [3.05, 3.63) is 17.3 Å². The second-order valence-electron chi connectivity index (χ2n) is 5.33. The van der Waals surface area contributed by atoms with E-state index in [1.165, 1.54) is 0 Å². The molecule has 1 atom stereocenters. The molecule has 108 valence electrons. The normalized spacial score (nSPS) is 12.7. The average molecular weight is 267 g/mol. The van der Waals surface area contributed by atoms with Gasteiger partial charge in [-0.3, -0.25) is 10.1 Å². The van der Waals surface area contributed by atoms with Crippen molar-refractivity contribution in [1.82, 2.24) is 15.6 Å². The summed E-state index contributed by atoms with van der Waals surface area (Å²) in [4.78, 5) is 16.1. The van der Waals surface area contributed by atoms with Crippen LogP contribution in [-0.4, -0.2) is 23.5 Å². The van der Waals surface area contributed by atoms with Crippen LogP contribution in [0.25, 0.3) is 0 Å². The van der Waals surface area contributed by atoms with Crippen LogP contribution < -0.4 is 10.6 Å². The highest BCUT2D eigenvalue weighted by Crippen LogP contribution is 2.07. The molecule has 0 aliphatic heterocycles. The lowest BCUT2D eigenvalue weighted by atomic mass is 10.1. The van der Waals surface area contributed by atoms with E-state index in [9.17, 15) is 4.79 Å². The fourth-order valence-electron chi connectivity index (χ4n) is 1.59. The molecule has 19 heavy (non-hydrogen) atoms. The van der Waals surface area contributed by atoms with Crippen molar-refractivity contribution in [3.63, 3.8) is 0 Å². The summed E-state index contributed by atoms with van der Waals surface area (Å²) in [6.45, 7) is 11.1. The predicted octanol–water partition coefficient (Wildman–Crippen LogP) is 1.93. The first kappa shape index (κ1) is 15.7. The van der Waals surface area contributed by atoms with Gasteiger partial charge < -0.3 is 9.73 Å². The van der Waals surface area contributed by atoms with Gasteiger partial charge in [-0.05, 0) is 33.1 Å². The highest BCUT2D eigenvalue weighted by molar-refractivity contribution is 5.81. The van der Waals surface area contributed by atoms with E-state index in [2.05, 4.69) is 29.5 Å². The van der Waals surface area contributed by atoms with E-state index >= 15 is 0 Å². The lowest BCUT2D eigenvalue weighted by Gasteiger charge is -2.13. The minimum Gasteiger partial charge on any atom is -0.444 e. The quantitative estimate of drug-likeness (QED) is 0.792. The molecule has 0 bridgehead atoms. The average Bonchev–Trinajstić information content (AvgIpc) is 2.65. The van der Waals surface area contributed by atoms with Crippen LogP contribution in [0.4, 0.5) is 0 Å². The molecule has 5 nitrogen and oxygen atoms in total. The van der Waals surface area contributed by atoms with E-state index in [1.54, 1.807) is 0 Å². The van der Waals surface area contributed by atoms with Crippen molar-refractivity contribution in [1.29, 1.82) is 0 Å². The van der Waals surface area contributed by atoms with Gasteiger partial charge in [0.15, 0.2) is 0 Å². The Morgan fingerprint density at radius 2 is 2.00 bits per heavy atom. The first-order valence-corrected chi connectivity index (χ1v) is 6.84. The highest BCUT2D eigenvalue weighted by atomic mass is 16.4. The minimum absolute atomic E-state index is 0.0145. The molecule has 2 N–H and O–H groups in total. The molecular formula is C14H25N3O2. The van der Waals surface area contributed by atoms with Gasteiger partial charge in [-0.15, -0.1) is 0 Å². The maximum atomic E-state index is 11.8. The number of oxazole rings is 1. The molecule has 0 aliphatic carbocycles. The zero-order valence-corrected chi connectivity index (χ0v) is 12.5. The van der Waals surface area contributed by atoms with E-state index < -0.39 is 0 Å². The molecule has 0 saturated heterocycles. The Balaban J connectivity index is 2.30. The van der Waals surface area contributed by atoms with Gasteiger partial charge in [0.1, 0.15) is 5.76 Å². The summed E-state index contributed by atoms with van der Waals surface area (Å²) >= 11 is 0. The Labute approximate surface area is 115 Å². The van der Waals surface area contributed by atoms with Gasteiger partial charge in [0.05, 0.1) is 18.3 Å². The van der Waals surface area contributed by atoms with E-state index in [0.717, 1.165) is 24.4 Å². The maximum Gasteiger partial charge on any atom is 0.236 e. The van der Waals surface area contributed by atoms with Crippen molar-refractivity contribution < 1.29 is 9.21 Å². The maximum absolute atomic E-state index is 11.8. The summed E-state index contributed by atoms with van der Waals surface area (Å²) in [5.74, 6) is 2.06. The number of aryl methyl sites for hydroxylation is 2. The summed E-state index contributed by atoms with van der Waals surface area (Å²) < 4.78 is 5.45. The van der Waals surface area contributed by atoms with Crippen LogP contribution in [0.2, 0.25) is 0 Å².